The lowest BCUT2D eigenvalue weighted by molar-refractivity contribution is 0.161. The summed E-state index contributed by atoms with van der Waals surface area (Å²) in [6, 6.07) is 0.243. The Kier molecular flexibility index (Phi) is 3.23. The summed E-state index contributed by atoms with van der Waals surface area (Å²) in [5.41, 5.74) is 5.60. The predicted octanol–water partition coefficient (Wildman–Crippen LogP) is -0.157. The van der Waals surface area contributed by atoms with E-state index in [0.717, 1.165) is 13.1 Å². The minimum absolute atomic E-state index is 0.239. The molecule has 14 heavy (non-hydrogen) atoms. The number of likely N-dealkylation sites (tertiary alicyclic amines) is 1. The second-order valence-electron chi connectivity index (χ2n) is 4.95. The van der Waals surface area contributed by atoms with Gasteiger partial charge in [0, 0.05) is 25.7 Å². The van der Waals surface area contributed by atoms with Crippen LogP contribution >= 0.6 is 0 Å². The molecule has 0 bridgehead atoms. The molecule has 2 N–H and O–H groups in total. The van der Waals surface area contributed by atoms with E-state index in [1.807, 2.05) is 0 Å². The van der Waals surface area contributed by atoms with Crippen LogP contribution in [0.5, 0.6) is 0 Å². The third kappa shape index (κ3) is 2.68. The average molecular weight is 220 g/mol. The van der Waals surface area contributed by atoms with Gasteiger partial charge in [0.05, 0.1) is 10.5 Å². The Labute approximate surface area is 86.4 Å². The van der Waals surface area contributed by atoms with E-state index < -0.39 is 14.6 Å². The summed E-state index contributed by atoms with van der Waals surface area (Å²) in [6.45, 7) is 7.51. The van der Waals surface area contributed by atoms with Gasteiger partial charge in [-0.05, 0) is 20.8 Å². The Morgan fingerprint density at radius 2 is 1.86 bits per heavy atom. The van der Waals surface area contributed by atoms with Crippen LogP contribution in [0.15, 0.2) is 0 Å². The van der Waals surface area contributed by atoms with E-state index in [1.54, 1.807) is 20.8 Å². The van der Waals surface area contributed by atoms with Gasteiger partial charge in [-0.3, -0.25) is 4.90 Å². The number of rotatable bonds is 3. The maximum Gasteiger partial charge on any atom is 0.156 e. The first-order chi connectivity index (χ1) is 6.22. The molecule has 0 radical (unpaired) electrons. The maximum absolute atomic E-state index is 11.7. The first-order valence-electron chi connectivity index (χ1n) is 4.92. The van der Waals surface area contributed by atoms with Gasteiger partial charge in [-0.15, -0.1) is 0 Å². The molecule has 0 aliphatic carbocycles. The van der Waals surface area contributed by atoms with Gasteiger partial charge >= 0.3 is 0 Å². The van der Waals surface area contributed by atoms with Crippen LogP contribution in [0.4, 0.5) is 0 Å². The first kappa shape index (κ1) is 11.9. The molecule has 0 aromatic rings. The highest BCUT2D eigenvalue weighted by molar-refractivity contribution is 7.92. The fourth-order valence-electron chi connectivity index (χ4n) is 1.35. The summed E-state index contributed by atoms with van der Waals surface area (Å²) in [7, 11) is -2.97. The van der Waals surface area contributed by atoms with Crippen molar-refractivity contribution >= 4 is 9.84 Å². The van der Waals surface area contributed by atoms with Crippen molar-refractivity contribution in [1.29, 1.82) is 0 Å². The number of sulfone groups is 1. The quantitative estimate of drug-likeness (QED) is 0.718. The number of nitrogens with two attached hydrogens (primary N) is 1. The molecule has 5 heteroatoms. The average Bonchev–Trinajstić information content (AvgIpc) is 1.93. The van der Waals surface area contributed by atoms with Gasteiger partial charge in [0.25, 0.3) is 0 Å². The van der Waals surface area contributed by atoms with E-state index in [4.69, 9.17) is 5.73 Å². The minimum atomic E-state index is -2.97. The molecule has 0 aromatic heterocycles. The fraction of sp³-hybridized carbons (Fsp3) is 1.00. The Hall–Kier alpha value is -0.130. The van der Waals surface area contributed by atoms with Crippen molar-refractivity contribution in [3.05, 3.63) is 0 Å². The summed E-state index contributed by atoms with van der Waals surface area (Å²) >= 11 is 0. The van der Waals surface area contributed by atoms with Crippen LogP contribution in [-0.4, -0.2) is 49.5 Å². The molecule has 1 rings (SSSR count). The molecule has 0 aromatic carbocycles. The van der Waals surface area contributed by atoms with E-state index in [9.17, 15) is 8.42 Å². The number of nitrogens with zero attached hydrogens (tertiary/aromatic N) is 1. The predicted molar refractivity (Wildman–Crippen MR) is 58.0 cm³/mol. The van der Waals surface area contributed by atoms with E-state index in [2.05, 4.69) is 4.90 Å². The van der Waals surface area contributed by atoms with Crippen molar-refractivity contribution in [2.75, 3.05) is 25.4 Å². The van der Waals surface area contributed by atoms with Gasteiger partial charge in [0.2, 0.25) is 0 Å². The summed E-state index contributed by atoms with van der Waals surface area (Å²) in [6.07, 6.45) is 0. The highest BCUT2D eigenvalue weighted by Crippen LogP contribution is 2.16. The van der Waals surface area contributed by atoms with Crippen molar-refractivity contribution in [1.82, 2.24) is 4.90 Å². The third-order valence-corrected chi connectivity index (χ3v) is 5.18. The number of hydrogen-bond acceptors (Lipinski definition) is 4. The van der Waals surface area contributed by atoms with E-state index in [1.165, 1.54) is 0 Å². The smallest absolute Gasteiger partial charge is 0.156 e. The Balaban J connectivity index is 2.38. The van der Waals surface area contributed by atoms with Gasteiger partial charge in [0.15, 0.2) is 9.84 Å². The van der Waals surface area contributed by atoms with Crippen molar-refractivity contribution in [2.24, 2.45) is 5.73 Å². The third-order valence-electron chi connectivity index (χ3n) is 2.59. The van der Waals surface area contributed by atoms with Crippen LogP contribution in [-0.2, 0) is 9.84 Å². The summed E-state index contributed by atoms with van der Waals surface area (Å²) < 4.78 is 22.8. The minimum Gasteiger partial charge on any atom is -0.325 e. The van der Waals surface area contributed by atoms with E-state index >= 15 is 0 Å². The summed E-state index contributed by atoms with van der Waals surface area (Å²) in [5.74, 6) is 0.239. The largest absolute Gasteiger partial charge is 0.325 e. The summed E-state index contributed by atoms with van der Waals surface area (Å²) in [5, 5.41) is 0. The molecule has 84 valence electrons. The second-order valence-corrected chi connectivity index (χ2v) is 7.81. The standard InChI is InChI=1S/C9H20N2O2S/c1-9(2,3)14(12,13)5-4-11-6-8(10)7-11/h8H,4-7,10H2,1-3H3. The molecule has 0 unspecified atom stereocenters. The molecule has 1 saturated heterocycles. The van der Waals surface area contributed by atoms with E-state index in [0.29, 0.717) is 6.54 Å². The van der Waals surface area contributed by atoms with Crippen LogP contribution < -0.4 is 5.73 Å². The molecule has 4 nitrogen and oxygen atoms in total. The van der Waals surface area contributed by atoms with Gasteiger partial charge in [0.1, 0.15) is 0 Å². The Morgan fingerprint density at radius 1 is 1.36 bits per heavy atom. The monoisotopic (exact) mass is 220 g/mol. The van der Waals surface area contributed by atoms with Gasteiger partial charge in [-0.25, -0.2) is 8.42 Å². The van der Waals surface area contributed by atoms with Crippen molar-refractivity contribution < 1.29 is 8.42 Å². The summed E-state index contributed by atoms with van der Waals surface area (Å²) in [4.78, 5) is 2.08. The zero-order valence-corrected chi connectivity index (χ0v) is 9.97. The van der Waals surface area contributed by atoms with Gasteiger partial charge < -0.3 is 5.73 Å². The molecular formula is C9H20N2O2S. The van der Waals surface area contributed by atoms with Crippen LogP contribution in [0.25, 0.3) is 0 Å². The van der Waals surface area contributed by atoms with Crippen molar-refractivity contribution in [3.8, 4) is 0 Å². The van der Waals surface area contributed by atoms with Crippen LogP contribution in [0.2, 0.25) is 0 Å². The highest BCUT2D eigenvalue weighted by Gasteiger charge is 2.31. The molecule has 1 fully saturated rings. The molecule has 0 amide bonds. The van der Waals surface area contributed by atoms with Gasteiger partial charge in [-0.1, -0.05) is 0 Å². The highest BCUT2D eigenvalue weighted by atomic mass is 32.2. The van der Waals surface area contributed by atoms with Crippen molar-refractivity contribution in [2.45, 2.75) is 31.6 Å². The maximum atomic E-state index is 11.7. The lowest BCUT2D eigenvalue weighted by Gasteiger charge is -2.37. The second kappa shape index (κ2) is 3.79. The van der Waals surface area contributed by atoms with Crippen LogP contribution in [0.1, 0.15) is 20.8 Å². The molecule has 0 atom stereocenters. The molecule has 1 aliphatic heterocycles. The normalized spacial score (nSPS) is 20.9. The van der Waals surface area contributed by atoms with E-state index in [-0.39, 0.29) is 11.8 Å². The topological polar surface area (TPSA) is 63.4 Å². The van der Waals surface area contributed by atoms with Crippen LogP contribution in [0, 0.1) is 0 Å². The molecule has 1 aliphatic rings. The van der Waals surface area contributed by atoms with Gasteiger partial charge in [-0.2, -0.15) is 0 Å². The molecule has 0 saturated carbocycles. The zero-order chi connectivity index (χ0) is 11.0. The van der Waals surface area contributed by atoms with Crippen molar-refractivity contribution in [3.63, 3.8) is 0 Å². The Morgan fingerprint density at radius 3 is 2.21 bits per heavy atom. The molecule has 1 heterocycles. The lowest BCUT2D eigenvalue weighted by atomic mass is 10.1. The SMILES string of the molecule is CC(C)(C)S(=O)(=O)CCN1CC(N)C1. The van der Waals surface area contributed by atoms with Crippen LogP contribution in [0.3, 0.4) is 0 Å². The number of hydrogen-bond donors (Lipinski definition) is 1. The lowest BCUT2D eigenvalue weighted by Crippen LogP contribution is -2.56. The Bertz CT molecular complexity index is 286. The molecule has 0 spiro atoms. The fourth-order valence-corrected chi connectivity index (χ4v) is 2.46. The first-order valence-corrected chi connectivity index (χ1v) is 6.58. The molecular weight excluding hydrogens is 200 g/mol. The zero-order valence-electron chi connectivity index (χ0n) is 9.16.